The van der Waals surface area contributed by atoms with E-state index in [2.05, 4.69) is 114 Å². The van der Waals surface area contributed by atoms with Crippen LogP contribution in [0.25, 0.3) is 0 Å². The summed E-state index contributed by atoms with van der Waals surface area (Å²) in [6.07, 6.45) is 2.98. The largest absolute Gasteiger partial charge is 0.480 e. The van der Waals surface area contributed by atoms with Crippen molar-refractivity contribution < 1.29 is 19.8 Å². The highest BCUT2D eigenvalue weighted by molar-refractivity contribution is 5.98. The second-order valence-electron chi connectivity index (χ2n) is 16.1. The summed E-state index contributed by atoms with van der Waals surface area (Å²) in [6, 6.07) is 20.9. The van der Waals surface area contributed by atoms with Crippen LogP contribution in [0.1, 0.15) is 99.1 Å². The van der Waals surface area contributed by atoms with Crippen LogP contribution in [-0.4, -0.2) is 54.1 Å². The van der Waals surface area contributed by atoms with Crippen LogP contribution in [0.15, 0.2) is 60.7 Å². The smallest absolute Gasteiger partial charge is 0.321 e. The minimum Gasteiger partial charge on any atom is -0.480 e. The van der Waals surface area contributed by atoms with Crippen molar-refractivity contribution in [1.82, 2.24) is 9.80 Å². The highest BCUT2D eigenvalue weighted by Gasteiger charge is 2.60. The second-order valence-corrected chi connectivity index (χ2v) is 16.1. The van der Waals surface area contributed by atoms with E-state index in [-0.39, 0.29) is 34.0 Å². The topological polar surface area (TPSA) is 81.1 Å². The van der Waals surface area contributed by atoms with Crippen molar-refractivity contribution in [2.45, 2.75) is 123 Å². The molecule has 2 N–H and O–H groups in total. The number of likely N-dealkylation sites (tertiary alicyclic amines) is 2. The summed E-state index contributed by atoms with van der Waals surface area (Å²) < 4.78 is 0. The van der Waals surface area contributed by atoms with E-state index >= 15 is 0 Å². The molecule has 6 nitrogen and oxygen atoms in total. The quantitative estimate of drug-likeness (QED) is 0.291. The van der Waals surface area contributed by atoms with E-state index in [1.807, 2.05) is 12.1 Å². The van der Waals surface area contributed by atoms with Gasteiger partial charge < -0.3 is 10.2 Å². The molecule has 0 bridgehead atoms. The molecule has 2 aromatic rings. The monoisotopic (exact) mass is 590 g/mol. The van der Waals surface area contributed by atoms with Gasteiger partial charge in [-0.05, 0) is 117 Å². The van der Waals surface area contributed by atoms with Crippen molar-refractivity contribution in [3.8, 4) is 0 Å². The summed E-state index contributed by atoms with van der Waals surface area (Å²) in [5, 5.41) is 21.3. The van der Waals surface area contributed by atoms with Gasteiger partial charge in [0.15, 0.2) is 5.41 Å². The highest BCUT2D eigenvalue weighted by atomic mass is 16.4. The number of benzene rings is 2. The van der Waals surface area contributed by atoms with Crippen molar-refractivity contribution in [2.24, 2.45) is 23.2 Å². The zero-order chi connectivity index (χ0) is 32.0. The van der Waals surface area contributed by atoms with E-state index in [0.29, 0.717) is 0 Å². The van der Waals surface area contributed by atoms with Gasteiger partial charge in [0.2, 0.25) is 0 Å². The Labute approximate surface area is 259 Å². The van der Waals surface area contributed by atoms with E-state index < -0.39 is 23.3 Å². The number of piperidine rings is 2. The van der Waals surface area contributed by atoms with E-state index in [1.165, 1.54) is 18.1 Å². The third-order valence-electron chi connectivity index (χ3n) is 10.9. The van der Waals surface area contributed by atoms with Crippen molar-refractivity contribution in [3.63, 3.8) is 0 Å². The minimum absolute atomic E-state index is 0.0634. The van der Waals surface area contributed by atoms with Gasteiger partial charge >= 0.3 is 11.9 Å². The Bertz CT molecular complexity index is 1150. The molecule has 0 unspecified atom stereocenters. The summed E-state index contributed by atoms with van der Waals surface area (Å²) in [4.78, 5) is 31.2. The second kappa shape index (κ2) is 11.7. The molecule has 2 aromatic carbocycles. The maximum Gasteiger partial charge on any atom is 0.321 e. The Balaban J connectivity index is 1.74. The first kappa shape index (κ1) is 33.2. The number of hydrogen-bond donors (Lipinski definition) is 2. The molecule has 6 heteroatoms. The zero-order valence-corrected chi connectivity index (χ0v) is 27.9. The molecule has 0 spiro atoms. The molecule has 0 amide bonds. The fourth-order valence-electron chi connectivity index (χ4n) is 9.39. The van der Waals surface area contributed by atoms with Gasteiger partial charge in [0.05, 0.1) is 0 Å². The molecule has 0 aromatic heterocycles. The van der Waals surface area contributed by atoms with Gasteiger partial charge in [-0.15, -0.1) is 0 Å². The van der Waals surface area contributed by atoms with Gasteiger partial charge in [0, 0.05) is 35.2 Å². The predicted molar refractivity (Wildman–Crippen MR) is 173 cm³/mol. The molecule has 43 heavy (non-hydrogen) atoms. The maximum atomic E-state index is 13.0. The lowest BCUT2D eigenvalue weighted by Crippen LogP contribution is -2.65. The lowest BCUT2D eigenvalue weighted by Gasteiger charge is -2.61. The number of aliphatic carboxylic acids is 2. The molecule has 2 aliphatic heterocycles. The molecule has 0 aliphatic carbocycles. The average Bonchev–Trinajstić information content (AvgIpc) is 2.88. The molecule has 0 atom stereocenters. The van der Waals surface area contributed by atoms with Crippen molar-refractivity contribution >= 4 is 11.9 Å². The third-order valence-corrected chi connectivity index (χ3v) is 10.9. The normalized spacial score (nSPS) is 22.8. The molecule has 4 rings (SSSR count). The van der Waals surface area contributed by atoms with Crippen LogP contribution in [0.3, 0.4) is 0 Å². The van der Waals surface area contributed by atoms with Gasteiger partial charge in [-0.1, -0.05) is 60.7 Å². The minimum atomic E-state index is -1.89. The van der Waals surface area contributed by atoms with E-state index in [9.17, 15) is 19.8 Å². The number of carboxylic acids is 2. The van der Waals surface area contributed by atoms with Crippen LogP contribution in [0.5, 0.6) is 0 Å². The van der Waals surface area contributed by atoms with Crippen LogP contribution >= 0.6 is 0 Å². The fraction of sp³-hybridized carbons (Fsp3) is 0.622. The summed E-state index contributed by atoms with van der Waals surface area (Å²) in [7, 11) is 0. The Morgan fingerprint density at radius 2 is 0.930 bits per heavy atom. The Morgan fingerprint density at radius 1 is 0.651 bits per heavy atom. The summed E-state index contributed by atoms with van der Waals surface area (Å²) in [5.74, 6) is -3.10. The predicted octanol–water partition coefficient (Wildman–Crippen LogP) is 7.72. The summed E-state index contributed by atoms with van der Waals surface area (Å²) in [6.45, 7) is 21.0. The van der Waals surface area contributed by atoms with E-state index in [0.717, 1.165) is 38.8 Å². The Morgan fingerprint density at radius 3 is 1.19 bits per heavy atom. The van der Waals surface area contributed by atoms with Gasteiger partial charge in [-0.3, -0.25) is 19.4 Å². The van der Waals surface area contributed by atoms with Crippen molar-refractivity contribution in [3.05, 3.63) is 71.8 Å². The van der Waals surface area contributed by atoms with Crippen LogP contribution in [-0.2, 0) is 22.7 Å². The number of carboxylic acid groups (broad SMARTS) is 2. The molecule has 2 fully saturated rings. The molecule has 2 heterocycles. The number of hydrogen-bond acceptors (Lipinski definition) is 4. The van der Waals surface area contributed by atoms with Crippen molar-refractivity contribution in [2.75, 3.05) is 0 Å². The number of carbonyl (C=O) groups is 2. The molecule has 2 aliphatic rings. The fourth-order valence-corrected chi connectivity index (χ4v) is 9.39. The highest BCUT2D eigenvalue weighted by Crippen LogP contribution is 2.56. The van der Waals surface area contributed by atoms with Gasteiger partial charge in [0.1, 0.15) is 0 Å². The lowest BCUT2D eigenvalue weighted by molar-refractivity contribution is -0.182. The van der Waals surface area contributed by atoms with Crippen LogP contribution in [0.4, 0.5) is 0 Å². The SMILES string of the molecule is CC(C(=O)O)(C(=O)O)C(C1CC(C)(C)N(Cc2ccccc2)C(C)(C)C1)C1CC(C)(C)N(Cc2ccccc2)C(C)(C)C1. The summed E-state index contributed by atoms with van der Waals surface area (Å²) in [5.41, 5.74) is -0.413. The van der Waals surface area contributed by atoms with Crippen molar-refractivity contribution in [1.29, 1.82) is 0 Å². The lowest BCUT2D eigenvalue weighted by atomic mass is 9.54. The zero-order valence-electron chi connectivity index (χ0n) is 27.9. The molecular weight excluding hydrogens is 536 g/mol. The first-order valence-corrected chi connectivity index (χ1v) is 15.9. The Kier molecular flexibility index (Phi) is 9.01. The van der Waals surface area contributed by atoms with Gasteiger partial charge in [0.25, 0.3) is 0 Å². The molecule has 0 saturated carbocycles. The molecule has 236 valence electrons. The van der Waals surface area contributed by atoms with Crippen LogP contribution in [0, 0.1) is 23.2 Å². The van der Waals surface area contributed by atoms with Gasteiger partial charge in [-0.25, -0.2) is 0 Å². The standard InChI is InChI=1S/C37H54N2O4/c1-33(2)20-28(21-34(3,4)38(33)24-26-16-12-10-13-17-26)30(37(9,31(40)41)32(42)43)29-22-35(5,6)39(36(7,8)23-29)25-27-18-14-11-15-19-27/h10-19,28-30H,20-25H2,1-9H3,(H,40,41)(H,42,43). The Hall–Kier alpha value is -2.70. The van der Waals surface area contributed by atoms with Crippen LogP contribution < -0.4 is 0 Å². The van der Waals surface area contributed by atoms with Gasteiger partial charge in [-0.2, -0.15) is 0 Å². The average molecular weight is 591 g/mol. The van der Waals surface area contributed by atoms with Crippen LogP contribution in [0.2, 0.25) is 0 Å². The third kappa shape index (κ3) is 6.56. The van der Waals surface area contributed by atoms with E-state index in [1.54, 1.807) is 0 Å². The maximum absolute atomic E-state index is 13.0. The summed E-state index contributed by atoms with van der Waals surface area (Å²) >= 11 is 0. The number of nitrogens with zero attached hydrogens (tertiary/aromatic N) is 2. The first-order chi connectivity index (χ1) is 19.8. The molecule has 2 saturated heterocycles. The molecular formula is C37H54N2O4. The van der Waals surface area contributed by atoms with E-state index in [4.69, 9.17) is 0 Å². The molecule has 0 radical (unpaired) electrons. The number of rotatable bonds is 9. The first-order valence-electron chi connectivity index (χ1n) is 15.9.